The number of aromatic nitrogens is 1. The maximum atomic E-state index is 4.90. The number of rotatable bonds is 3. The third-order valence-electron chi connectivity index (χ3n) is 4.06. The highest BCUT2D eigenvalue weighted by atomic mass is 79.9. The second kappa shape index (κ2) is 6.16. The van der Waals surface area contributed by atoms with Gasteiger partial charge in [0.25, 0.3) is 0 Å². The van der Waals surface area contributed by atoms with E-state index in [9.17, 15) is 0 Å². The van der Waals surface area contributed by atoms with E-state index in [1.807, 2.05) is 6.07 Å². The minimum Gasteiger partial charge on any atom is -0.314 e. The molecule has 0 saturated carbocycles. The quantitative estimate of drug-likeness (QED) is 0.898. The lowest BCUT2D eigenvalue weighted by atomic mass is 10.0. The van der Waals surface area contributed by atoms with E-state index in [1.165, 1.54) is 10.6 Å². The predicted octanol–water partition coefficient (Wildman–Crippen LogP) is 3.71. The van der Waals surface area contributed by atoms with Gasteiger partial charge in [-0.25, -0.2) is 4.98 Å². The highest BCUT2D eigenvalue weighted by Crippen LogP contribution is 2.33. The van der Waals surface area contributed by atoms with Crippen molar-refractivity contribution in [3.05, 3.63) is 39.1 Å². The highest BCUT2D eigenvalue weighted by Gasteiger charge is 2.32. The first kappa shape index (κ1) is 15.2. The zero-order valence-corrected chi connectivity index (χ0v) is 14.8. The van der Waals surface area contributed by atoms with E-state index in [-0.39, 0.29) is 5.54 Å². The lowest BCUT2D eigenvalue weighted by Crippen LogP contribution is -2.51. The van der Waals surface area contributed by atoms with Crippen LogP contribution >= 0.6 is 27.3 Å². The van der Waals surface area contributed by atoms with E-state index in [2.05, 4.69) is 63.6 Å². The average molecular weight is 366 g/mol. The number of hydrogen-bond donors (Lipinski definition) is 1. The summed E-state index contributed by atoms with van der Waals surface area (Å²) in [7, 11) is 0. The molecule has 112 valence electrons. The van der Waals surface area contributed by atoms with E-state index < -0.39 is 0 Å². The summed E-state index contributed by atoms with van der Waals surface area (Å²) in [4.78, 5) is 7.42. The van der Waals surface area contributed by atoms with Crippen molar-refractivity contribution >= 4 is 27.3 Å². The Morgan fingerprint density at radius 1 is 1.29 bits per heavy atom. The van der Waals surface area contributed by atoms with Crippen LogP contribution in [0.3, 0.4) is 0 Å². The van der Waals surface area contributed by atoms with Gasteiger partial charge >= 0.3 is 0 Å². The average Bonchev–Trinajstić information content (AvgIpc) is 2.99. The first-order chi connectivity index (χ1) is 10.1. The number of piperazine rings is 1. The molecular formula is C16H20BrN3S. The van der Waals surface area contributed by atoms with E-state index in [0.29, 0.717) is 0 Å². The lowest BCUT2D eigenvalue weighted by molar-refractivity contribution is 0.102. The lowest BCUT2D eigenvalue weighted by Gasteiger charge is -2.39. The largest absolute Gasteiger partial charge is 0.314 e. The van der Waals surface area contributed by atoms with Crippen LogP contribution in [0.15, 0.2) is 34.1 Å². The maximum absolute atomic E-state index is 4.90. The van der Waals surface area contributed by atoms with E-state index in [0.717, 1.165) is 36.3 Å². The summed E-state index contributed by atoms with van der Waals surface area (Å²) < 4.78 is 1.09. The van der Waals surface area contributed by atoms with Gasteiger partial charge in [0, 0.05) is 41.6 Å². The predicted molar refractivity (Wildman–Crippen MR) is 92.7 cm³/mol. The van der Waals surface area contributed by atoms with Gasteiger partial charge in [-0.3, -0.25) is 4.90 Å². The molecule has 0 spiro atoms. The van der Waals surface area contributed by atoms with Crippen molar-refractivity contribution in [3.8, 4) is 11.3 Å². The summed E-state index contributed by atoms with van der Waals surface area (Å²) >= 11 is 5.29. The van der Waals surface area contributed by atoms with Crippen molar-refractivity contribution in [3.63, 3.8) is 0 Å². The fourth-order valence-corrected chi connectivity index (χ4v) is 4.07. The molecule has 0 radical (unpaired) electrons. The smallest absolute Gasteiger partial charge is 0.113 e. The topological polar surface area (TPSA) is 28.2 Å². The molecule has 1 fully saturated rings. The van der Waals surface area contributed by atoms with Gasteiger partial charge in [-0.2, -0.15) is 0 Å². The molecule has 5 heteroatoms. The first-order valence-corrected chi connectivity index (χ1v) is 8.92. The Balaban J connectivity index is 1.86. The molecule has 0 bridgehead atoms. The molecular weight excluding hydrogens is 346 g/mol. The van der Waals surface area contributed by atoms with Crippen molar-refractivity contribution in [2.24, 2.45) is 0 Å². The summed E-state index contributed by atoms with van der Waals surface area (Å²) in [6.45, 7) is 8.85. The van der Waals surface area contributed by atoms with E-state index in [4.69, 9.17) is 4.98 Å². The molecule has 3 rings (SSSR count). The van der Waals surface area contributed by atoms with Crippen LogP contribution in [0.2, 0.25) is 0 Å². The summed E-state index contributed by atoms with van der Waals surface area (Å²) in [5.74, 6) is 0. The van der Waals surface area contributed by atoms with Gasteiger partial charge in [-0.15, -0.1) is 11.3 Å². The molecule has 2 heterocycles. The zero-order chi connectivity index (χ0) is 14.9. The van der Waals surface area contributed by atoms with Crippen molar-refractivity contribution < 1.29 is 0 Å². The summed E-state index contributed by atoms with van der Waals surface area (Å²) in [6, 6.07) is 8.33. The maximum Gasteiger partial charge on any atom is 0.113 e. The Morgan fingerprint density at radius 3 is 2.76 bits per heavy atom. The van der Waals surface area contributed by atoms with Gasteiger partial charge < -0.3 is 5.32 Å². The number of halogens is 1. The van der Waals surface area contributed by atoms with Crippen LogP contribution in [-0.2, 0) is 5.54 Å². The Kier molecular flexibility index (Phi) is 4.45. The van der Waals surface area contributed by atoms with Crippen LogP contribution in [0, 0.1) is 0 Å². The van der Waals surface area contributed by atoms with E-state index in [1.54, 1.807) is 11.3 Å². The Bertz CT molecular complexity index is 617. The third kappa shape index (κ3) is 3.21. The molecule has 0 unspecified atom stereocenters. The van der Waals surface area contributed by atoms with Crippen LogP contribution < -0.4 is 5.32 Å². The molecule has 1 saturated heterocycles. The highest BCUT2D eigenvalue weighted by molar-refractivity contribution is 9.10. The van der Waals surface area contributed by atoms with Gasteiger partial charge in [0.1, 0.15) is 5.01 Å². The van der Waals surface area contributed by atoms with Crippen molar-refractivity contribution in [1.29, 1.82) is 0 Å². The third-order valence-corrected chi connectivity index (χ3v) is 5.70. The molecule has 1 aromatic carbocycles. The molecule has 1 aliphatic rings. The molecule has 0 aliphatic carbocycles. The number of hydrogen-bond acceptors (Lipinski definition) is 4. The summed E-state index contributed by atoms with van der Waals surface area (Å²) in [5.41, 5.74) is 2.24. The standard InChI is InChI=1S/C16H20BrN3S/c1-16(2,20-8-6-18-7-9-20)15-19-14(11-21-15)12-4-3-5-13(17)10-12/h3-5,10-11,18H,6-9H2,1-2H3. The monoisotopic (exact) mass is 365 g/mol. The molecule has 1 aromatic heterocycles. The van der Waals surface area contributed by atoms with Gasteiger partial charge in [0.2, 0.25) is 0 Å². The van der Waals surface area contributed by atoms with Crippen LogP contribution in [0.1, 0.15) is 18.9 Å². The van der Waals surface area contributed by atoms with Crippen LogP contribution in [0.5, 0.6) is 0 Å². The van der Waals surface area contributed by atoms with Crippen LogP contribution in [-0.4, -0.2) is 36.1 Å². The van der Waals surface area contributed by atoms with Crippen molar-refractivity contribution in [1.82, 2.24) is 15.2 Å². The molecule has 1 N–H and O–H groups in total. The number of nitrogens with one attached hydrogen (secondary N) is 1. The fourth-order valence-electron chi connectivity index (χ4n) is 2.69. The minimum atomic E-state index is -0.00295. The Morgan fingerprint density at radius 2 is 2.05 bits per heavy atom. The molecule has 21 heavy (non-hydrogen) atoms. The Hall–Kier alpha value is -0.750. The fraction of sp³-hybridized carbons (Fsp3) is 0.438. The molecule has 3 nitrogen and oxygen atoms in total. The van der Waals surface area contributed by atoms with Gasteiger partial charge in [0.05, 0.1) is 11.2 Å². The van der Waals surface area contributed by atoms with E-state index >= 15 is 0 Å². The molecule has 0 atom stereocenters. The zero-order valence-electron chi connectivity index (χ0n) is 12.4. The van der Waals surface area contributed by atoms with Crippen LogP contribution in [0.25, 0.3) is 11.3 Å². The first-order valence-electron chi connectivity index (χ1n) is 7.25. The summed E-state index contributed by atoms with van der Waals surface area (Å²) in [5, 5.41) is 6.77. The van der Waals surface area contributed by atoms with Crippen molar-refractivity contribution in [2.75, 3.05) is 26.2 Å². The second-order valence-electron chi connectivity index (χ2n) is 5.84. The van der Waals surface area contributed by atoms with Crippen molar-refractivity contribution in [2.45, 2.75) is 19.4 Å². The number of benzene rings is 1. The SMILES string of the molecule is CC(C)(c1nc(-c2cccc(Br)c2)cs1)N1CCNCC1. The summed E-state index contributed by atoms with van der Waals surface area (Å²) in [6.07, 6.45) is 0. The molecule has 2 aromatic rings. The molecule has 0 amide bonds. The van der Waals surface area contributed by atoms with Gasteiger partial charge in [-0.05, 0) is 26.0 Å². The van der Waals surface area contributed by atoms with Gasteiger partial charge in [-0.1, -0.05) is 28.1 Å². The molecule has 1 aliphatic heterocycles. The second-order valence-corrected chi connectivity index (χ2v) is 7.62. The normalized spacial score (nSPS) is 17.1. The Labute approximate surface area is 138 Å². The van der Waals surface area contributed by atoms with Crippen LogP contribution in [0.4, 0.5) is 0 Å². The minimum absolute atomic E-state index is 0.00295. The number of thiazole rings is 1. The van der Waals surface area contributed by atoms with Gasteiger partial charge in [0.15, 0.2) is 0 Å². The number of nitrogens with zero attached hydrogens (tertiary/aromatic N) is 2.